The van der Waals surface area contributed by atoms with E-state index in [0.717, 1.165) is 0 Å². The van der Waals surface area contributed by atoms with Crippen molar-refractivity contribution in [2.24, 2.45) is 0 Å². The Morgan fingerprint density at radius 2 is 2.25 bits per heavy atom. The van der Waals surface area contributed by atoms with Gasteiger partial charge in [0.05, 0.1) is 5.41 Å². The molecule has 1 N–H and O–H groups in total. The summed E-state index contributed by atoms with van der Waals surface area (Å²) < 4.78 is 28.4. The van der Waals surface area contributed by atoms with Crippen molar-refractivity contribution in [3.8, 4) is 5.88 Å². The van der Waals surface area contributed by atoms with Gasteiger partial charge in [-0.3, -0.25) is 4.79 Å². The lowest BCUT2D eigenvalue weighted by molar-refractivity contribution is -0.140. The Labute approximate surface area is 89.9 Å². The van der Waals surface area contributed by atoms with E-state index in [1.54, 1.807) is 0 Å². The monoisotopic (exact) mass is 229 g/mol. The van der Waals surface area contributed by atoms with Crippen molar-refractivity contribution < 1.29 is 23.4 Å². The third-order valence-corrected chi connectivity index (χ3v) is 2.65. The Kier molecular flexibility index (Phi) is 2.49. The first-order valence-electron chi connectivity index (χ1n) is 4.70. The van der Waals surface area contributed by atoms with Crippen molar-refractivity contribution in [3.63, 3.8) is 0 Å². The summed E-state index contributed by atoms with van der Waals surface area (Å²) >= 11 is 0. The fourth-order valence-electron chi connectivity index (χ4n) is 1.66. The van der Waals surface area contributed by atoms with E-state index in [9.17, 15) is 13.6 Å². The molecule has 1 saturated carbocycles. The highest BCUT2D eigenvalue weighted by atomic mass is 19.3. The normalized spacial score (nSPS) is 17.2. The Morgan fingerprint density at radius 1 is 1.56 bits per heavy atom. The van der Waals surface area contributed by atoms with E-state index in [-0.39, 0.29) is 11.4 Å². The molecule has 2 rings (SSSR count). The molecule has 1 aliphatic carbocycles. The summed E-state index contributed by atoms with van der Waals surface area (Å²) in [7, 11) is 0. The number of hydrogen-bond donors (Lipinski definition) is 1. The second-order valence-electron chi connectivity index (χ2n) is 3.62. The van der Waals surface area contributed by atoms with Crippen LogP contribution in [0.5, 0.6) is 5.88 Å². The van der Waals surface area contributed by atoms with Crippen LogP contribution in [0.15, 0.2) is 18.3 Å². The van der Waals surface area contributed by atoms with Crippen LogP contribution < -0.4 is 4.74 Å². The van der Waals surface area contributed by atoms with Crippen molar-refractivity contribution >= 4 is 5.97 Å². The van der Waals surface area contributed by atoms with Gasteiger partial charge in [0, 0.05) is 11.8 Å². The van der Waals surface area contributed by atoms with Gasteiger partial charge in [0.25, 0.3) is 0 Å². The SMILES string of the molecule is O=C(O)C1(c2cccnc2OC(F)F)CC1. The summed E-state index contributed by atoms with van der Waals surface area (Å²) in [5.41, 5.74) is -0.860. The summed E-state index contributed by atoms with van der Waals surface area (Å²) in [6.45, 7) is -3.00. The van der Waals surface area contributed by atoms with Crippen LogP contribution in [0.3, 0.4) is 0 Å². The highest BCUT2D eigenvalue weighted by Gasteiger charge is 2.53. The molecule has 0 saturated heterocycles. The van der Waals surface area contributed by atoms with Crippen LogP contribution in [0.1, 0.15) is 18.4 Å². The topological polar surface area (TPSA) is 59.4 Å². The van der Waals surface area contributed by atoms with Gasteiger partial charge >= 0.3 is 12.6 Å². The Balaban J connectivity index is 2.37. The number of carboxylic acid groups (broad SMARTS) is 1. The van der Waals surface area contributed by atoms with Gasteiger partial charge in [-0.2, -0.15) is 8.78 Å². The van der Waals surface area contributed by atoms with Gasteiger partial charge in [0.1, 0.15) is 0 Å². The average molecular weight is 229 g/mol. The molecule has 1 aromatic rings. The van der Waals surface area contributed by atoms with Crippen LogP contribution in [0, 0.1) is 0 Å². The van der Waals surface area contributed by atoms with Crippen LogP contribution in [-0.4, -0.2) is 22.7 Å². The molecule has 0 unspecified atom stereocenters. The van der Waals surface area contributed by atoms with Crippen LogP contribution in [0.2, 0.25) is 0 Å². The molecule has 1 fully saturated rings. The van der Waals surface area contributed by atoms with E-state index in [2.05, 4.69) is 9.72 Å². The highest BCUT2D eigenvalue weighted by Crippen LogP contribution is 2.51. The molecule has 6 heteroatoms. The van der Waals surface area contributed by atoms with Gasteiger partial charge in [0.15, 0.2) is 0 Å². The molecule has 4 nitrogen and oxygen atoms in total. The van der Waals surface area contributed by atoms with Crippen LogP contribution in [0.4, 0.5) is 8.78 Å². The zero-order valence-corrected chi connectivity index (χ0v) is 8.19. The van der Waals surface area contributed by atoms with E-state index >= 15 is 0 Å². The molecule has 0 aliphatic heterocycles. The van der Waals surface area contributed by atoms with E-state index < -0.39 is 18.0 Å². The average Bonchev–Trinajstić information content (AvgIpc) is 2.98. The van der Waals surface area contributed by atoms with E-state index in [1.165, 1.54) is 18.3 Å². The number of pyridine rings is 1. The minimum atomic E-state index is -3.00. The number of ether oxygens (including phenoxy) is 1. The maximum absolute atomic E-state index is 12.1. The molecule has 1 aliphatic rings. The zero-order chi connectivity index (χ0) is 11.8. The van der Waals surface area contributed by atoms with Crippen LogP contribution in [-0.2, 0) is 10.2 Å². The maximum atomic E-state index is 12.1. The smallest absolute Gasteiger partial charge is 0.388 e. The summed E-state index contributed by atoms with van der Waals surface area (Å²) in [6.07, 6.45) is 2.14. The first kappa shape index (κ1) is 10.8. The fourth-order valence-corrected chi connectivity index (χ4v) is 1.66. The van der Waals surface area contributed by atoms with E-state index in [0.29, 0.717) is 12.8 Å². The molecule has 1 heterocycles. The predicted molar refractivity (Wildman–Crippen MR) is 49.4 cm³/mol. The third-order valence-electron chi connectivity index (χ3n) is 2.65. The molecule has 0 amide bonds. The van der Waals surface area contributed by atoms with Gasteiger partial charge in [-0.15, -0.1) is 0 Å². The van der Waals surface area contributed by atoms with Gasteiger partial charge < -0.3 is 9.84 Å². The molecular formula is C10H9F2NO3. The molecule has 16 heavy (non-hydrogen) atoms. The largest absolute Gasteiger partial charge is 0.481 e. The Morgan fingerprint density at radius 3 is 2.75 bits per heavy atom. The standard InChI is InChI=1S/C10H9F2NO3/c11-9(12)16-7-6(2-1-5-13-7)10(3-4-10)8(14)15/h1-2,5,9H,3-4H2,(H,14,15). The summed E-state index contributed by atoms with van der Waals surface area (Å²) in [6, 6.07) is 2.97. The molecule has 0 spiro atoms. The van der Waals surface area contributed by atoms with Crippen LogP contribution in [0.25, 0.3) is 0 Å². The number of carbonyl (C=O) groups is 1. The molecule has 0 atom stereocenters. The van der Waals surface area contributed by atoms with E-state index in [4.69, 9.17) is 5.11 Å². The van der Waals surface area contributed by atoms with E-state index in [1.807, 2.05) is 0 Å². The van der Waals surface area contributed by atoms with Crippen molar-refractivity contribution in [2.75, 3.05) is 0 Å². The number of aliphatic carboxylic acids is 1. The van der Waals surface area contributed by atoms with Crippen molar-refractivity contribution in [1.82, 2.24) is 4.98 Å². The minimum absolute atomic E-state index is 0.225. The summed E-state index contributed by atoms with van der Waals surface area (Å²) in [5, 5.41) is 9.04. The Hall–Kier alpha value is -1.72. The van der Waals surface area contributed by atoms with Gasteiger partial charge in [0.2, 0.25) is 5.88 Å². The molecule has 0 bridgehead atoms. The molecule has 0 aromatic carbocycles. The lowest BCUT2D eigenvalue weighted by atomic mass is 9.97. The zero-order valence-electron chi connectivity index (χ0n) is 8.19. The van der Waals surface area contributed by atoms with Crippen molar-refractivity contribution in [3.05, 3.63) is 23.9 Å². The molecular weight excluding hydrogens is 220 g/mol. The number of rotatable bonds is 4. The predicted octanol–water partition coefficient (Wildman–Crippen LogP) is 1.80. The van der Waals surface area contributed by atoms with Crippen LogP contribution >= 0.6 is 0 Å². The lowest BCUT2D eigenvalue weighted by Gasteiger charge is -2.14. The first-order chi connectivity index (χ1) is 7.56. The Bertz CT molecular complexity index is 418. The van der Waals surface area contributed by atoms with Crippen molar-refractivity contribution in [2.45, 2.75) is 24.9 Å². The summed E-state index contributed by atoms with van der Waals surface area (Å²) in [4.78, 5) is 14.7. The third kappa shape index (κ3) is 1.70. The molecule has 86 valence electrons. The summed E-state index contributed by atoms with van der Waals surface area (Å²) in [5.74, 6) is -1.32. The molecule has 0 radical (unpaired) electrons. The number of carboxylic acids is 1. The molecule has 1 aromatic heterocycles. The fraction of sp³-hybridized carbons (Fsp3) is 0.400. The number of halogens is 2. The lowest BCUT2D eigenvalue weighted by Crippen LogP contribution is -2.21. The van der Waals surface area contributed by atoms with Crippen molar-refractivity contribution in [1.29, 1.82) is 0 Å². The quantitative estimate of drug-likeness (QED) is 0.855. The number of hydrogen-bond acceptors (Lipinski definition) is 3. The number of alkyl halides is 2. The first-order valence-corrected chi connectivity index (χ1v) is 4.70. The van der Waals surface area contributed by atoms with Gasteiger partial charge in [-0.25, -0.2) is 4.98 Å². The minimum Gasteiger partial charge on any atom is -0.481 e. The van der Waals surface area contributed by atoms with Gasteiger partial charge in [-0.05, 0) is 18.9 Å². The second-order valence-corrected chi connectivity index (χ2v) is 3.62. The number of nitrogens with zero attached hydrogens (tertiary/aromatic N) is 1. The highest BCUT2D eigenvalue weighted by molar-refractivity contribution is 5.85. The maximum Gasteiger partial charge on any atom is 0.388 e. The second kappa shape index (κ2) is 3.70. The number of aromatic nitrogens is 1. The van der Waals surface area contributed by atoms with Gasteiger partial charge in [-0.1, -0.05) is 6.07 Å².